The van der Waals surface area contributed by atoms with Crippen molar-refractivity contribution in [2.45, 2.75) is 25.3 Å². The Hall–Kier alpha value is -1.35. The number of hydrogen-bond donors (Lipinski definition) is 0. The van der Waals surface area contributed by atoms with Crippen LogP contribution in [0.2, 0.25) is 0 Å². The first kappa shape index (κ1) is 10.8. The Balaban J connectivity index is 1.52. The van der Waals surface area contributed by atoms with Crippen LogP contribution in [0.5, 0.6) is 0 Å². The van der Waals surface area contributed by atoms with Gasteiger partial charge in [-0.3, -0.25) is 9.69 Å². The van der Waals surface area contributed by atoms with Crippen LogP contribution in [-0.4, -0.2) is 41.5 Å². The van der Waals surface area contributed by atoms with Gasteiger partial charge >= 0.3 is 0 Å². The zero-order valence-electron chi connectivity index (χ0n) is 10.0. The molecular weight excluding hydrogens is 212 g/mol. The highest BCUT2D eigenvalue weighted by Crippen LogP contribution is 2.29. The van der Waals surface area contributed by atoms with E-state index in [2.05, 4.69) is 29.2 Å². The van der Waals surface area contributed by atoms with Crippen LogP contribution in [0.3, 0.4) is 0 Å². The summed E-state index contributed by atoms with van der Waals surface area (Å²) in [6.07, 6.45) is 3.45. The van der Waals surface area contributed by atoms with Crippen molar-refractivity contribution in [1.82, 2.24) is 9.80 Å². The van der Waals surface area contributed by atoms with Crippen LogP contribution in [0.15, 0.2) is 30.3 Å². The molecule has 0 unspecified atom stereocenters. The summed E-state index contributed by atoms with van der Waals surface area (Å²) in [4.78, 5) is 16.1. The predicted octanol–water partition coefficient (Wildman–Crippen LogP) is 1.49. The summed E-state index contributed by atoms with van der Waals surface area (Å²) < 4.78 is 0. The highest BCUT2D eigenvalue weighted by atomic mass is 16.2. The quantitative estimate of drug-likeness (QED) is 0.782. The van der Waals surface area contributed by atoms with Crippen molar-refractivity contribution < 1.29 is 4.79 Å². The highest BCUT2D eigenvalue weighted by molar-refractivity contribution is 5.80. The second kappa shape index (κ2) is 4.49. The van der Waals surface area contributed by atoms with E-state index >= 15 is 0 Å². The predicted molar refractivity (Wildman–Crippen MR) is 66.5 cm³/mol. The Kier molecular flexibility index (Phi) is 2.85. The van der Waals surface area contributed by atoms with Gasteiger partial charge in [0, 0.05) is 12.6 Å². The van der Waals surface area contributed by atoms with E-state index in [1.165, 1.54) is 18.4 Å². The average Bonchev–Trinajstić information content (AvgIpc) is 3.12. The second-order valence-electron chi connectivity index (χ2n) is 5.02. The molecule has 1 heterocycles. The molecule has 2 fully saturated rings. The highest BCUT2D eigenvalue weighted by Gasteiger charge is 2.37. The maximum absolute atomic E-state index is 11.8. The monoisotopic (exact) mass is 230 g/mol. The van der Waals surface area contributed by atoms with Gasteiger partial charge in [0.25, 0.3) is 0 Å². The molecule has 2 aliphatic rings. The van der Waals surface area contributed by atoms with Gasteiger partial charge in [0.1, 0.15) is 0 Å². The van der Waals surface area contributed by atoms with Crippen molar-refractivity contribution in [3.8, 4) is 0 Å². The molecule has 1 aliphatic heterocycles. The summed E-state index contributed by atoms with van der Waals surface area (Å²) >= 11 is 0. The zero-order valence-corrected chi connectivity index (χ0v) is 10.0. The minimum atomic E-state index is 0.320. The molecule has 0 aromatic heterocycles. The first-order chi connectivity index (χ1) is 8.33. The van der Waals surface area contributed by atoms with Gasteiger partial charge < -0.3 is 4.90 Å². The normalized spacial score (nSPS) is 21.2. The van der Waals surface area contributed by atoms with E-state index in [4.69, 9.17) is 0 Å². The number of nitrogens with zero attached hydrogens (tertiary/aromatic N) is 2. The summed E-state index contributed by atoms with van der Waals surface area (Å²) in [7, 11) is 0. The minimum absolute atomic E-state index is 0.320. The van der Waals surface area contributed by atoms with Crippen molar-refractivity contribution in [3.63, 3.8) is 0 Å². The summed E-state index contributed by atoms with van der Waals surface area (Å²) in [5.74, 6) is 0.320. The average molecular weight is 230 g/mol. The smallest absolute Gasteiger partial charge is 0.238 e. The molecule has 90 valence electrons. The summed E-state index contributed by atoms with van der Waals surface area (Å²) in [6.45, 7) is 2.44. The number of amides is 1. The minimum Gasteiger partial charge on any atom is -0.326 e. The van der Waals surface area contributed by atoms with Crippen molar-refractivity contribution >= 4 is 5.91 Å². The van der Waals surface area contributed by atoms with Crippen molar-refractivity contribution in [1.29, 1.82) is 0 Å². The van der Waals surface area contributed by atoms with E-state index < -0.39 is 0 Å². The molecule has 0 radical (unpaired) electrons. The molecule has 0 N–H and O–H groups in total. The number of rotatable bonds is 4. The molecule has 1 aromatic carbocycles. The van der Waals surface area contributed by atoms with E-state index in [9.17, 15) is 4.79 Å². The zero-order chi connectivity index (χ0) is 11.7. The van der Waals surface area contributed by atoms with Gasteiger partial charge in [-0.25, -0.2) is 0 Å². The number of carbonyl (C=O) groups is 1. The molecule has 1 aliphatic carbocycles. The molecule has 1 amide bonds. The summed E-state index contributed by atoms with van der Waals surface area (Å²) in [5.41, 5.74) is 1.35. The Labute approximate surface area is 102 Å². The molecular formula is C14H18N2O. The lowest BCUT2D eigenvalue weighted by molar-refractivity contribution is -0.127. The van der Waals surface area contributed by atoms with E-state index in [-0.39, 0.29) is 0 Å². The Morgan fingerprint density at radius 2 is 1.94 bits per heavy atom. The summed E-state index contributed by atoms with van der Waals surface area (Å²) in [5, 5.41) is 0. The largest absolute Gasteiger partial charge is 0.326 e. The van der Waals surface area contributed by atoms with Gasteiger partial charge in [0.15, 0.2) is 0 Å². The maximum atomic E-state index is 11.8. The molecule has 1 aromatic rings. The first-order valence-electron chi connectivity index (χ1n) is 6.39. The fourth-order valence-electron chi connectivity index (χ4n) is 2.41. The molecule has 0 bridgehead atoms. The van der Waals surface area contributed by atoms with Gasteiger partial charge in [-0.1, -0.05) is 30.3 Å². The van der Waals surface area contributed by atoms with E-state index in [1.54, 1.807) is 0 Å². The number of carbonyl (C=O) groups excluding carboxylic acids is 1. The van der Waals surface area contributed by atoms with E-state index in [0.29, 0.717) is 18.5 Å². The van der Waals surface area contributed by atoms with Gasteiger partial charge in [-0.2, -0.15) is 0 Å². The molecule has 1 saturated carbocycles. The Morgan fingerprint density at radius 3 is 2.65 bits per heavy atom. The van der Waals surface area contributed by atoms with Gasteiger partial charge in [-0.15, -0.1) is 0 Å². The van der Waals surface area contributed by atoms with Crippen LogP contribution >= 0.6 is 0 Å². The number of benzene rings is 1. The third kappa shape index (κ3) is 2.50. The third-order valence-corrected chi connectivity index (χ3v) is 3.58. The SMILES string of the molecule is O=C1CN(CCc2ccccc2)CN1C1CC1. The maximum Gasteiger partial charge on any atom is 0.238 e. The number of hydrogen-bond acceptors (Lipinski definition) is 2. The van der Waals surface area contributed by atoms with Crippen LogP contribution in [0.4, 0.5) is 0 Å². The lowest BCUT2D eigenvalue weighted by Gasteiger charge is -2.17. The summed E-state index contributed by atoms with van der Waals surface area (Å²) in [6, 6.07) is 11.0. The lowest BCUT2D eigenvalue weighted by atomic mass is 10.1. The topological polar surface area (TPSA) is 23.6 Å². The van der Waals surface area contributed by atoms with Crippen LogP contribution in [-0.2, 0) is 11.2 Å². The fraction of sp³-hybridized carbons (Fsp3) is 0.500. The molecule has 0 spiro atoms. The van der Waals surface area contributed by atoms with E-state index in [1.807, 2.05) is 11.0 Å². The molecule has 3 rings (SSSR count). The first-order valence-corrected chi connectivity index (χ1v) is 6.39. The standard InChI is InChI=1S/C14H18N2O/c17-14-10-15(11-16(14)13-6-7-13)9-8-12-4-2-1-3-5-12/h1-5,13H,6-11H2. The Bertz CT molecular complexity index is 400. The van der Waals surface area contributed by atoms with Crippen LogP contribution in [0.1, 0.15) is 18.4 Å². The van der Waals surface area contributed by atoms with Gasteiger partial charge in [-0.05, 0) is 24.8 Å². The molecule has 1 saturated heterocycles. The van der Waals surface area contributed by atoms with Gasteiger partial charge in [0.05, 0.1) is 13.2 Å². The van der Waals surface area contributed by atoms with Crippen LogP contribution in [0.25, 0.3) is 0 Å². The molecule has 3 heteroatoms. The molecule has 17 heavy (non-hydrogen) atoms. The van der Waals surface area contributed by atoms with Crippen molar-refractivity contribution in [3.05, 3.63) is 35.9 Å². The van der Waals surface area contributed by atoms with Crippen LogP contribution < -0.4 is 0 Å². The van der Waals surface area contributed by atoms with Crippen molar-refractivity contribution in [2.24, 2.45) is 0 Å². The Morgan fingerprint density at radius 1 is 1.18 bits per heavy atom. The molecule has 3 nitrogen and oxygen atoms in total. The van der Waals surface area contributed by atoms with E-state index in [0.717, 1.165) is 19.6 Å². The molecule has 0 atom stereocenters. The van der Waals surface area contributed by atoms with Gasteiger partial charge in [0.2, 0.25) is 5.91 Å². The third-order valence-electron chi connectivity index (χ3n) is 3.58. The second-order valence-corrected chi connectivity index (χ2v) is 5.02. The lowest BCUT2D eigenvalue weighted by Crippen LogP contribution is -2.29. The fourth-order valence-corrected chi connectivity index (χ4v) is 2.41. The van der Waals surface area contributed by atoms with Crippen LogP contribution in [0, 0.1) is 0 Å². The van der Waals surface area contributed by atoms with Crippen molar-refractivity contribution in [2.75, 3.05) is 19.8 Å².